The summed E-state index contributed by atoms with van der Waals surface area (Å²) < 4.78 is 0. The molecule has 1 unspecified atom stereocenters. The van der Waals surface area contributed by atoms with E-state index in [1.54, 1.807) is 6.20 Å². The van der Waals surface area contributed by atoms with Gasteiger partial charge >= 0.3 is 0 Å². The fourth-order valence-corrected chi connectivity index (χ4v) is 1.38. The molecule has 1 fully saturated rings. The highest BCUT2D eigenvalue weighted by Crippen LogP contribution is 2.01. The van der Waals surface area contributed by atoms with Crippen LogP contribution in [0.5, 0.6) is 0 Å². The summed E-state index contributed by atoms with van der Waals surface area (Å²) in [5.74, 6) is 0.920. The molecule has 4 nitrogen and oxygen atoms in total. The Morgan fingerprint density at radius 1 is 1.27 bits per heavy atom. The van der Waals surface area contributed by atoms with E-state index in [1.165, 1.54) is 0 Å². The molecular weight excluding hydrogens is 235 g/mol. The largest absolute Gasteiger partial charge is 0.354 e. The number of pyridine rings is 1. The number of aromatic nitrogens is 1. The first-order valence-corrected chi connectivity index (χ1v) is 4.57. The second-order valence-corrected chi connectivity index (χ2v) is 3.07. The number of anilines is 1. The Bertz CT molecular complexity index is 252. The fraction of sp³-hybridized carbons (Fsp3) is 0.444. The molecule has 2 rings (SSSR count). The van der Waals surface area contributed by atoms with Gasteiger partial charge in [0.05, 0.1) is 6.17 Å². The third-order valence-corrected chi connectivity index (χ3v) is 2.03. The highest BCUT2D eigenvalue weighted by atomic mass is 35.5. The zero-order chi connectivity index (χ0) is 8.93. The standard InChI is InChI=1S/C9H14N4.2ClH/c1-2-4-11-8(3-1)13-9-7-10-5-6-12-9;;/h1-4,9-10,12H,5-7H2,(H,11,13);2*1H. The quantitative estimate of drug-likeness (QED) is 0.729. The van der Waals surface area contributed by atoms with Gasteiger partial charge in [-0.2, -0.15) is 0 Å². The third-order valence-electron chi connectivity index (χ3n) is 2.03. The summed E-state index contributed by atoms with van der Waals surface area (Å²) in [6, 6.07) is 5.86. The van der Waals surface area contributed by atoms with E-state index in [9.17, 15) is 0 Å². The van der Waals surface area contributed by atoms with Crippen LogP contribution in [0.15, 0.2) is 24.4 Å². The summed E-state index contributed by atoms with van der Waals surface area (Å²) in [4.78, 5) is 4.19. The summed E-state index contributed by atoms with van der Waals surface area (Å²) in [6.07, 6.45) is 2.09. The Labute approximate surface area is 102 Å². The summed E-state index contributed by atoms with van der Waals surface area (Å²) in [7, 11) is 0. The van der Waals surface area contributed by atoms with Gasteiger partial charge in [0.15, 0.2) is 0 Å². The van der Waals surface area contributed by atoms with Gasteiger partial charge in [-0.25, -0.2) is 4.98 Å². The summed E-state index contributed by atoms with van der Waals surface area (Å²) in [5.41, 5.74) is 0. The molecule has 1 saturated heterocycles. The number of nitrogens with zero attached hydrogens (tertiary/aromatic N) is 1. The van der Waals surface area contributed by atoms with Crippen LogP contribution in [0, 0.1) is 0 Å². The van der Waals surface area contributed by atoms with Crippen LogP contribution in [0.2, 0.25) is 0 Å². The molecule has 1 aliphatic heterocycles. The van der Waals surface area contributed by atoms with Crippen LogP contribution >= 0.6 is 24.8 Å². The minimum Gasteiger partial charge on any atom is -0.354 e. The maximum Gasteiger partial charge on any atom is 0.127 e. The average molecular weight is 251 g/mol. The van der Waals surface area contributed by atoms with Crippen molar-refractivity contribution in [2.45, 2.75) is 6.17 Å². The number of rotatable bonds is 2. The lowest BCUT2D eigenvalue weighted by molar-refractivity contribution is 0.449. The number of piperazine rings is 1. The van der Waals surface area contributed by atoms with Crippen molar-refractivity contribution >= 4 is 30.6 Å². The minimum absolute atomic E-state index is 0. The Balaban J connectivity index is 0.000000980. The van der Waals surface area contributed by atoms with E-state index < -0.39 is 0 Å². The molecule has 1 aliphatic rings. The number of hydrogen-bond acceptors (Lipinski definition) is 4. The third kappa shape index (κ3) is 4.66. The van der Waals surface area contributed by atoms with E-state index in [2.05, 4.69) is 20.9 Å². The lowest BCUT2D eigenvalue weighted by atomic mass is 10.3. The second-order valence-electron chi connectivity index (χ2n) is 3.07. The van der Waals surface area contributed by atoms with Gasteiger partial charge in [0.2, 0.25) is 0 Å². The maximum atomic E-state index is 4.19. The Morgan fingerprint density at radius 2 is 2.13 bits per heavy atom. The van der Waals surface area contributed by atoms with Crippen LogP contribution < -0.4 is 16.0 Å². The first-order valence-electron chi connectivity index (χ1n) is 4.57. The van der Waals surface area contributed by atoms with Gasteiger partial charge in [0.1, 0.15) is 5.82 Å². The molecule has 1 aromatic rings. The Kier molecular flexibility index (Phi) is 7.42. The zero-order valence-corrected chi connectivity index (χ0v) is 9.90. The van der Waals surface area contributed by atoms with Crippen molar-refractivity contribution in [2.24, 2.45) is 0 Å². The highest BCUT2D eigenvalue weighted by Gasteiger charge is 2.10. The highest BCUT2D eigenvalue weighted by molar-refractivity contribution is 5.85. The van der Waals surface area contributed by atoms with Crippen molar-refractivity contribution < 1.29 is 0 Å². The summed E-state index contributed by atoms with van der Waals surface area (Å²) in [6.45, 7) is 2.99. The van der Waals surface area contributed by atoms with Crippen LogP contribution in [-0.2, 0) is 0 Å². The van der Waals surface area contributed by atoms with Gasteiger partial charge in [0.25, 0.3) is 0 Å². The summed E-state index contributed by atoms with van der Waals surface area (Å²) in [5, 5.41) is 9.95. The molecule has 1 aromatic heterocycles. The normalized spacial score (nSPS) is 19.6. The molecule has 86 valence electrons. The number of hydrogen-bond donors (Lipinski definition) is 3. The van der Waals surface area contributed by atoms with E-state index in [1.807, 2.05) is 18.2 Å². The van der Waals surface area contributed by atoms with Gasteiger partial charge in [-0.1, -0.05) is 6.07 Å². The molecule has 15 heavy (non-hydrogen) atoms. The van der Waals surface area contributed by atoms with Crippen molar-refractivity contribution in [3.8, 4) is 0 Å². The van der Waals surface area contributed by atoms with Crippen molar-refractivity contribution in [3.63, 3.8) is 0 Å². The maximum absolute atomic E-state index is 4.19. The van der Waals surface area contributed by atoms with Crippen molar-refractivity contribution in [1.82, 2.24) is 15.6 Å². The van der Waals surface area contributed by atoms with Gasteiger partial charge in [-0.3, -0.25) is 5.32 Å². The molecule has 0 aliphatic carbocycles. The Morgan fingerprint density at radius 3 is 2.73 bits per heavy atom. The van der Waals surface area contributed by atoms with Crippen LogP contribution in [-0.4, -0.2) is 30.8 Å². The zero-order valence-electron chi connectivity index (χ0n) is 8.27. The predicted octanol–water partition coefficient (Wildman–Crippen LogP) is 0.856. The fourth-order valence-electron chi connectivity index (χ4n) is 1.38. The molecule has 0 amide bonds. The first kappa shape index (κ1) is 14.5. The summed E-state index contributed by atoms with van der Waals surface area (Å²) >= 11 is 0. The molecule has 0 spiro atoms. The molecule has 2 heterocycles. The van der Waals surface area contributed by atoms with Crippen LogP contribution in [0.25, 0.3) is 0 Å². The van der Waals surface area contributed by atoms with Crippen molar-refractivity contribution in [2.75, 3.05) is 25.0 Å². The molecule has 6 heteroatoms. The van der Waals surface area contributed by atoms with Gasteiger partial charge < -0.3 is 10.6 Å². The lowest BCUT2D eigenvalue weighted by Gasteiger charge is -2.25. The minimum atomic E-state index is 0. The smallest absolute Gasteiger partial charge is 0.127 e. The van der Waals surface area contributed by atoms with Gasteiger partial charge in [-0.05, 0) is 12.1 Å². The van der Waals surface area contributed by atoms with Gasteiger partial charge in [0, 0.05) is 25.8 Å². The molecule has 3 N–H and O–H groups in total. The lowest BCUT2D eigenvalue weighted by Crippen LogP contribution is -2.52. The molecule has 0 saturated carbocycles. The topological polar surface area (TPSA) is 49.0 Å². The average Bonchev–Trinajstić information content (AvgIpc) is 2.21. The number of nitrogens with one attached hydrogen (secondary N) is 3. The number of halogens is 2. The van der Waals surface area contributed by atoms with E-state index in [-0.39, 0.29) is 24.8 Å². The molecule has 0 aromatic carbocycles. The molecule has 0 bridgehead atoms. The van der Waals surface area contributed by atoms with Gasteiger partial charge in [-0.15, -0.1) is 24.8 Å². The molecule has 0 radical (unpaired) electrons. The van der Waals surface area contributed by atoms with E-state index >= 15 is 0 Å². The second kappa shape index (κ2) is 7.70. The molecular formula is C9H16Cl2N4. The monoisotopic (exact) mass is 250 g/mol. The van der Waals surface area contributed by atoms with Crippen molar-refractivity contribution in [1.29, 1.82) is 0 Å². The van der Waals surface area contributed by atoms with Crippen LogP contribution in [0.1, 0.15) is 0 Å². The first-order chi connectivity index (χ1) is 6.45. The van der Waals surface area contributed by atoms with E-state index in [4.69, 9.17) is 0 Å². The SMILES string of the molecule is Cl.Cl.c1ccc(NC2CNCCN2)nc1. The van der Waals surface area contributed by atoms with E-state index in [0.717, 1.165) is 25.5 Å². The Hall–Kier alpha value is -0.550. The van der Waals surface area contributed by atoms with Crippen LogP contribution in [0.3, 0.4) is 0 Å². The predicted molar refractivity (Wildman–Crippen MR) is 67.0 cm³/mol. The van der Waals surface area contributed by atoms with Crippen molar-refractivity contribution in [3.05, 3.63) is 24.4 Å². The van der Waals surface area contributed by atoms with Crippen LogP contribution in [0.4, 0.5) is 5.82 Å². The molecule has 1 atom stereocenters. The van der Waals surface area contributed by atoms with E-state index in [0.29, 0.717) is 6.17 Å².